The van der Waals surface area contributed by atoms with Gasteiger partial charge in [0.25, 0.3) is 0 Å². The maximum Gasteiger partial charge on any atom is 0.164 e. The highest BCUT2D eigenvalue weighted by molar-refractivity contribution is 7.21. The van der Waals surface area contributed by atoms with E-state index >= 15 is 0 Å². The van der Waals surface area contributed by atoms with E-state index in [9.17, 15) is 0 Å². The fourth-order valence-electron chi connectivity index (χ4n) is 2.57. The number of thiazole rings is 1. The summed E-state index contributed by atoms with van der Waals surface area (Å²) in [5, 5.41) is 2.12. The molecule has 0 aliphatic carbocycles. The predicted molar refractivity (Wildman–Crippen MR) is 84.3 cm³/mol. The van der Waals surface area contributed by atoms with E-state index in [0.29, 0.717) is 0 Å². The zero-order valence-electron chi connectivity index (χ0n) is 11.3. The molecule has 0 unspecified atom stereocenters. The molecule has 0 saturated heterocycles. The van der Waals surface area contributed by atoms with Gasteiger partial charge in [-0.3, -0.25) is 0 Å². The summed E-state index contributed by atoms with van der Waals surface area (Å²) in [5.41, 5.74) is 4.44. The van der Waals surface area contributed by atoms with Gasteiger partial charge in [-0.15, -0.1) is 11.3 Å². The molecule has 0 N–H and O–H groups in total. The second-order valence-electron chi connectivity index (χ2n) is 5.09. The molecule has 4 aromatic rings. The van der Waals surface area contributed by atoms with E-state index < -0.39 is 0 Å². The quantitative estimate of drug-likeness (QED) is 0.471. The van der Waals surface area contributed by atoms with Gasteiger partial charge in [0.1, 0.15) is 5.58 Å². The number of fused-ring (bicyclic) bond motifs is 2. The lowest BCUT2D eigenvalue weighted by Crippen LogP contribution is -1.76. The van der Waals surface area contributed by atoms with Crippen LogP contribution in [0.15, 0.2) is 46.9 Å². The minimum Gasteiger partial charge on any atom is -0.454 e. The zero-order chi connectivity index (χ0) is 13.7. The second kappa shape index (κ2) is 4.18. The number of aromatic nitrogens is 1. The van der Waals surface area contributed by atoms with Crippen LogP contribution in [-0.2, 0) is 0 Å². The van der Waals surface area contributed by atoms with Crippen LogP contribution in [-0.4, -0.2) is 4.98 Å². The van der Waals surface area contributed by atoms with Gasteiger partial charge in [-0.2, -0.15) is 0 Å². The lowest BCUT2D eigenvalue weighted by Gasteiger charge is -1.96. The number of para-hydroxylation sites is 1. The van der Waals surface area contributed by atoms with Crippen molar-refractivity contribution < 1.29 is 4.42 Å². The van der Waals surface area contributed by atoms with Crippen LogP contribution in [0.1, 0.15) is 11.1 Å². The molecule has 3 heteroatoms. The molecule has 2 aromatic carbocycles. The van der Waals surface area contributed by atoms with Gasteiger partial charge in [0.05, 0.1) is 10.2 Å². The molecule has 98 valence electrons. The van der Waals surface area contributed by atoms with Gasteiger partial charge in [-0.05, 0) is 49.2 Å². The molecule has 2 nitrogen and oxygen atoms in total. The third kappa shape index (κ3) is 1.74. The highest BCUT2D eigenvalue weighted by Crippen LogP contribution is 2.34. The number of benzene rings is 2. The molecule has 0 aliphatic heterocycles. The fourth-order valence-corrected chi connectivity index (χ4v) is 3.49. The Labute approximate surface area is 120 Å². The number of hydrogen-bond donors (Lipinski definition) is 0. The van der Waals surface area contributed by atoms with Crippen molar-refractivity contribution in [2.75, 3.05) is 0 Å². The Morgan fingerprint density at radius 2 is 1.90 bits per heavy atom. The highest BCUT2D eigenvalue weighted by Gasteiger charge is 2.12. The van der Waals surface area contributed by atoms with Gasteiger partial charge in [-0.1, -0.05) is 18.2 Å². The van der Waals surface area contributed by atoms with Gasteiger partial charge >= 0.3 is 0 Å². The molecule has 2 heterocycles. The van der Waals surface area contributed by atoms with Crippen molar-refractivity contribution in [1.29, 1.82) is 0 Å². The van der Waals surface area contributed by atoms with Gasteiger partial charge in [0.2, 0.25) is 0 Å². The summed E-state index contributed by atoms with van der Waals surface area (Å²) >= 11 is 1.67. The number of furan rings is 1. The smallest absolute Gasteiger partial charge is 0.164 e. The van der Waals surface area contributed by atoms with Crippen LogP contribution < -0.4 is 0 Å². The molecule has 0 aliphatic rings. The standard InChI is InChI=1S/C17H13NOS/c1-10-7-11(2)12-9-15(19-14(12)8-10)17-18-13-5-3-4-6-16(13)20-17/h3-9H,1-2H3. The fraction of sp³-hybridized carbons (Fsp3) is 0.118. The minimum absolute atomic E-state index is 0.856. The molecular weight excluding hydrogens is 266 g/mol. The average Bonchev–Trinajstić information content (AvgIpc) is 3.01. The Kier molecular flexibility index (Phi) is 2.44. The molecule has 0 spiro atoms. The Bertz CT molecular complexity index is 900. The second-order valence-corrected chi connectivity index (χ2v) is 6.12. The largest absolute Gasteiger partial charge is 0.454 e. The minimum atomic E-state index is 0.856. The lowest BCUT2D eigenvalue weighted by atomic mass is 10.1. The molecule has 0 radical (unpaired) electrons. The highest BCUT2D eigenvalue weighted by atomic mass is 32.1. The van der Waals surface area contributed by atoms with Crippen LogP contribution in [0.2, 0.25) is 0 Å². The molecular formula is C17H13NOS. The third-order valence-corrected chi connectivity index (χ3v) is 4.54. The van der Waals surface area contributed by atoms with Crippen molar-refractivity contribution in [3.05, 3.63) is 53.6 Å². The first kappa shape index (κ1) is 11.7. The first-order valence-corrected chi connectivity index (χ1v) is 7.39. The molecule has 0 atom stereocenters. The van der Waals surface area contributed by atoms with E-state index in [-0.39, 0.29) is 0 Å². The third-order valence-electron chi connectivity index (χ3n) is 3.49. The topological polar surface area (TPSA) is 26.0 Å². The number of hydrogen-bond acceptors (Lipinski definition) is 3. The summed E-state index contributed by atoms with van der Waals surface area (Å²) in [6.07, 6.45) is 0. The lowest BCUT2D eigenvalue weighted by molar-refractivity contribution is 0.630. The van der Waals surface area contributed by atoms with Crippen LogP contribution in [0.25, 0.3) is 32.0 Å². The summed E-state index contributed by atoms with van der Waals surface area (Å²) in [6, 6.07) is 14.5. The van der Waals surface area contributed by atoms with Crippen LogP contribution in [0.4, 0.5) is 0 Å². The summed E-state index contributed by atoms with van der Waals surface area (Å²) in [7, 11) is 0. The van der Waals surface area contributed by atoms with Crippen molar-refractivity contribution in [1.82, 2.24) is 4.98 Å². The van der Waals surface area contributed by atoms with E-state index in [1.54, 1.807) is 11.3 Å². The maximum atomic E-state index is 5.99. The van der Waals surface area contributed by atoms with E-state index in [2.05, 4.69) is 43.1 Å². The van der Waals surface area contributed by atoms with Crippen molar-refractivity contribution in [2.45, 2.75) is 13.8 Å². The summed E-state index contributed by atoms with van der Waals surface area (Å²) in [5.74, 6) is 0.856. The van der Waals surface area contributed by atoms with Gasteiger partial charge < -0.3 is 4.42 Å². The van der Waals surface area contributed by atoms with E-state index in [1.165, 1.54) is 21.2 Å². The van der Waals surface area contributed by atoms with E-state index in [0.717, 1.165) is 21.9 Å². The molecule has 0 bridgehead atoms. The zero-order valence-corrected chi connectivity index (χ0v) is 12.1. The van der Waals surface area contributed by atoms with Crippen molar-refractivity contribution in [2.24, 2.45) is 0 Å². The average molecular weight is 279 g/mol. The first-order chi connectivity index (χ1) is 9.70. The molecule has 4 rings (SSSR count). The Balaban J connectivity index is 1.95. The van der Waals surface area contributed by atoms with Crippen LogP contribution in [0.3, 0.4) is 0 Å². The van der Waals surface area contributed by atoms with Crippen LogP contribution in [0, 0.1) is 13.8 Å². The van der Waals surface area contributed by atoms with Crippen molar-refractivity contribution >= 4 is 32.5 Å². The first-order valence-electron chi connectivity index (χ1n) is 6.57. The number of aryl methyl sites for hydroxylation is 2. The Morgan fingerprint density at radius 1 is 1.05 bits per heavy atom. The molecule has 0 amide bonds. The molecule has 0 fully saturated rings. The van der Waals surface area contributed by atoms with Crippen LogP contribution >= 0.6 is 11.3 Å². The molecule has 2 aromatic heterocycles. The summed E-state index contributed by atoms with van der Waals surface area (Å²) in [4.78, 5) is 4.66. The maximum absolute atomic E-state index is 5.99. The van der Waals surface area contributed by atoms with Crippen molar-refractivity contribution in [3.63, 3.8) is 0 Å². The van der Waals surface area contributed by atoms with Crippen LogP contribution in [0.5, 0.6) is 0 Å². The van der Waals surface area contributed by atoms with E-state index in [1.807, 2.05) is 18.2 Å². The van der Waals surface area contributed by atoms with Gasteiger partial charge in [-0.25, -0.2) is 4.98 Å². The van der Waals surface area contributed by atoms with E-state index in [4.69, 9.17) is 4.42 Å². The monoisotopic (exact) mass is 279 g/mol. The number of rotatable bonds is 1. The SMILES string of the molecule is Cc1cc(C)c2cc(-c3nc4ccccc4s3)oc2c1. The molecule has 20 heavy (non-hydrogen) atoms. The Morgan fingerprint density at radius 3 is 2.75 bits per heavy atom. The molecule has 0 saturated carbocycles. The Hall–Kier alpha value is -2.13. The normalized spacial score (nSPS) is 11.5. The predicted octanol–water partition coefficient (Wildman–Crippen LogP) is 5.33. The summed E-state index contributed by atoms with van der Waals surface area (Å²) in [6.45, 7) is 4.21. The van der Waals surface area contributed by atoms with Crippen molar-refractivity contribution in [3.8, 4) is 10.8 Å². The van der Waals surface area contributed by atoms with Gasteiger partial charge in [0, 0.05) is 5.39 Å². The summed E-state index contributed by atoms with van der Waals surface area (Å²) < 4.78 is 7.18. The number of nitrogens with zero attached hydrogens (tertiary/aromatic N) is 1. The van der Waals surface area contributed by atoms with Gasteiger partial charge in [0.15, 0.2) is 10.8 Å².